The van der Waals surface area contributed by atoms with Gasteiger partial charge in [-0.1, -0.05) is 36.4 Å². The zero-order chi connectivity index (χ0) is 20.2. The smallest absolute Gasteiger partial charge is 0.223 e. The molecule has 0 saturated carbocycles. The number of nitrogens with zero attached hydrogens (tertiary/aromatic N) is 2. The SMILES string of the molecule is CN(Cc1ccc2ccccc2c1)C(=O)CCc1ncc(-c2ccc(F)cc2)o1. The van der Waals surface area contributed by atoms with E-state index in [1.54, 1.807) is 30.3 Å². The molecule has 1 heterocycles. The zero-order valence-corrected chi connectivity index (χ0v) is 16.1. The van der Waals surface area contributed by atoms with E-state index in [0.717, 1.165) is 11.1 Å². The molecule has 0 atom stereocenters. The van der Waals surface area contributed by atoms with Gasteiger partial charge in [-0.2, -0.15) is 0 Å². The zero-order valence-electron chi connectivity index (χ0n) is 16.1. The molecule has 0 unspecified atom stereocenters. The maximum absolute atomic E-state index is 13.0. The Balaban J connectivity index is 1.34. The van der Waals surface area contributed by atoms with Gasteiger partial charge in [0.15, 0.2) is 11.7 Å². The minimum absolute atomic E-state index is 0.0275. The van der Waals surface area contributed by atoms with Crippen molar-refractivity contribution in [2.24, 2.45) is 0 Å². The summed E-state index contributed by atoms with van der Waals surface area (Å²) in [6, 6.07) is 20.5. The van der Waals surface area contributed by atoms with E-state index < -0.39 is 0 Å². The summed E-state index contributed by atoms with van der Waals surface area (Å²) >= 11 is 0. The van der Waals surface area contributed by atoms with E-state index >= 15 is 0 Å². The molecular formula is C24H21FN2O2. The Bertz CT molecular complexity index is 1140. The third-order valence-electron chi connectivity index (χ3n) is 4.89. The van der Waals surface area contributed by atoms with Crippen LogP contribution in [0, 0.1) is 5.82 Å². The van der Waals surface area contributed by atoms with Gasteiger partial charge >= 0.3 is 0 Å². The van der Waals surface area contributed by atoms with E-state index in [2.05, 4.69) is 35.3 Å². The summed E-state index contributed by atoms with van der Waals surface area (Å²) in [4.78, 5) is 18.5. The second-order valence-electron chi connectivity index (χ2n) is 7.06. The normalized spacial score (nSPS) is 11.0. The monoisotopic (exact) mass is 388 g/mol. The van der Waals surface area contributed by atoms with Crippen LogP contribution in [0.15, 0.2) is 77.3 Å². The Morgan fingerprint density at radius 1 is 1.03 bits per heavy atom. The molecule has 4 nitrogen and oxygen atoms in total. The number of hydrogen-bond donors (Lipinski definition) is 0. The quantitative estimate of drug-likeness (QED) is 0.455. The van der Waals surface area contributed by atoms with Crippen molar-refractivity contribution < 1.29 is 13.6 Å². The van der Waals surface area contributed by atoms with Crippen LogP contribution in [0.4, 0.5) is 4.39 Å². The molecule has 0 N–H and O–H groups in total. The van der Waals surface area contributed by atoms with Gasteiger partial charge in [-0.3, -0.25) is 4.79 Å². The van der Waals surface area contributed by atoms with E-state index in [-0.39, 0.29) is 11.7 Å². The molecule has 0 saturated heterocycles. The highest BCUT2D eigenvalue weighted by molar-refractivity contribution is 5.83. The molecule has 4 rings (SSSR count). The van der Waals surface area contributed by atoms with Crippen LogP contribution < -0.4 is 0 Å². The average molecular weight is 388 g/mol. The number of amides is 1. The number of halogens is 1. The molecule has 1 aromatic heterocycles. The van der Waals surface area contributed by atoms with Crippen LogP contribution in [0.3, 0.4) is 0 Å². The lowest BCUT2D eigenvalue weighted by Gasteiger charge is -2.17. The van der Waals surface area contributed by atoms with Crippen molar-refractivity contribution in [3.63, 3.8) is 0 Å². The molecule has 3 aromatic carbocycles. The van der Waals surface area contributed by atoms with Gasteiger partial charge in [0.25, 0.3) is 0 Å². The molecule has 0 fully saturated rings. The summed E-state index contributed by atoms with van der Waals surface area (Å²) in [6.45, 7) is 0.552. The van der Waals surface area contributed by atoms with Gasteiger partial charge in [-0.15, -0.1) is 0 Å². The topological polar surface area (TPSA) is 46.3 Å². The number of hydrogen-bond acceptors (Lipinski definition) is 3. The fourth-order valence-electron chi connectivity index (χ4n) is 3.28. The summed E-state index contributed by atoms with van der Waals surface area (Å²) < 4.78 is 18.7. The lowest BCUT2D eigenvalue weighted by Crippen LogP contribution is -2.26. The second-order valence-corrected chi connectivity index (χ2v) is 7.06. The third-order valence-corrected chi connectivity index (χ3v) is 4.89. The van der Waals surface area contributed by atoms with Crippen LogP contribution in [0.2, 0.25) is 0 Å². The number of rotatable bonds is 6. The molecule has 5 heteroatoms. The molecule has 0 aliphatic carbocycles. The first-order valence-electron chi connectivity index (χ1n) is 9.51. The fraction of sp³-hybridized carbons (Fsp3) is 0.167. The molecule has 146 valence electrons. The number of benzene rings is 3. The Hall–Kier alpha value is -3.47. The first-order valence-corrected chi connectivity index (χ1v) is 9.51. The maximum atomic E-state index is 13.0. The van der Waals surface area contributed by atoms with Crippen molar-refractivity contribution in [1.82, 2.24) is 9.88 Å². The van der Waals surface area contributed by atoms with E-state index in [1.165, 1.54) is 22.9 Å². The van der Waals surface area contributed by atoms with Crippen LogP contribution in [0.25, 0.3) is 22.1 Å². The summed E-state index contributed by atoms with van der Waals surface area (Å²) in [6.07, 6.45) is 2.33. The number of fused-ring (bicyclic) bond motifs is 1. The molecular weight excluding hydrogens is 367 g/mol. The van der Waals surface area contributed by atoms with Crippen molar-refractivity contribution in [2.75, 3.05) is 7.05 Å². The molecule has 0 aliphatic heterocycles. The van der Waals surface area contributed by atoms with Gasteiger partial charge < -0.3 is 9.32 Å². The Kier molecular flexibility index (Phi) is 5.38. The van der Waals surface area contributed by atoms with E-state index in [1.807, 2.05) is 12.1 Å². The van der Waals surface area contributed by atoms with E-state index in [0.29, 0.717) is 31.0 Å². The molecule has 4 aromatic rings. The molecule has 0 spiro atoms. The predicted molar refractivity (Wildman–Crippen MR) is 111 cm³/mol. The minimum Gasteiger partial charge on any atom is -0.441 e. The van der Waals surface area contributed by atoms with E-state index in [9.17, 15) is 9.18 Å². The number of carbonyl (C=O) groups excluding carboxylic acids is 1. The molecule has 0 bridgehead atoms. The number of oxazole rings is 1. The van der Waals surface area contributed by atoms with Gasteiger partial charge in [0.2, 0.25) is 5.91 Å². The third kappa shape index (κ3) is 4.51. The summed E-state index contributed by atoms with van der Waals surface area (Å²) in [5.41, 5.74) is 1.85. The number of aromatic nitrogens is 1. The maximum Gasteiger partial charge on any atom is 0.223 e. The van der Waals surface area contributed by atoms with Crippen LogP contribution in [0.5, 0.6) is 0 Å². The number of aryl methyl sites for hydroxylation is 1. The summed E-state index contributed by atoms with van der Waals surface area (Å²) in [5, 5.41) is 2.35. The van der Waals surface area contributed by atoms with Gasteiger partial charge in [-0.05, 0) is 46.7 Å². The van der Waals surface area contributed by atoms with Crippen molar-refractivity contribution in [3.05, 3.63) is 90.2 Å². The molecule has 0 aliphatic rings. The van der Waals surface area contributed by atoms with Crippen LogP contribution in [-0.4, -0.2) is 22.8 Å². The van der Waals surface area contributed by atoms with Gasteiger partial charge in [0.05, 0.1) is 6.20 Å². The minimum atomic E-state index is -0.298. The molecule has 29 heavy (non-hydrogen) atoms. The van der Waals surface area contributed by atoms with Gasteiger partial charge in [-0.25, -0.2) is 9.37 Å². The molecule has 1 amide bonds. The van der Waals surface area contributed by atoms with Crippen LogP contribution in [-0.2, 0) is 17.8 Å². The Morgan fingerprint density at radius 3 is 2.59 bits per heavy atom. The highest BCUT2D eigenvalue weighted by Gasteiger charge is 2.13. The van der Waals surface area contributed by atoms with Crippen molar-refractivity contribution in [1.29, 1.82) is 0 Å². The van der Waals surface area contributed by atoms with Crippen molar-refractivity contribution in [2.45, 2.75) is 19.4 Å². The van der Waals surface area contributed by atoms with Crippen LogP contribution >= 0.6 is 0 Å². The first kappa shape index (κ1) is 18.9. The van der Waals surface area contributed by atoms with Crippen molar-refractivity contribution in [3.8, 4) is 11.3 Å². The standard InChI is InChI=1S/C24H21FN2O2/c1-27(16-17-6-7-18-4-2-3-5-20(18)14-17)24(28)13-12-23-26-15-22(29-23)19-8-10-21(25)11-9-19/h2-11,14-15H,12-13,16H2,1H3. The van der Waals surface area contributed by atoms with Gasteiger partial charge in [0, 0.05) is 32.0 Å². The highest BCUT2D eigenvalue weighted by atomic mass is 19.1. The van der Waals surface area contributed by atoms with Crippen LogP contribution in [0.1, 0.15) is 17.9 Å². The highest BCUT2D eigenvalue weighted by Crippen LogP contribution is 2.21. The Labute approximate surface area is 168 Å². The first-order chi connectivity index (χ1) is 14.1. The average Bonchev–Trinajstić information content (AvgIpc) is 3.21. The fourth-order valence-corrected chi connectivity index (χ4v) is 3.28. The largest absolute Gasteiger partial charge is 0.441 e. The van der Waals surface area contributed by atoms with E-state index in [4.69, 9.17) is 4.42 Å². The summed E-state index contributed by atoms with van der Waals surface area (Å²) in [5.74, 6) is 0.793. The summed E-state index contributed by atoms with van der Waals surface area (Å²) in [7, 11) is 1.80. The van der Waals surface area contributed by atoms with Crippen molar-refractivity contribution >= 4 is 16.7 Å². The predicted octanol–water partition coefficient (Wildman–Crippen LogP) is 5.23. The Morgan fingerprint density at radius 2 is 1.79 bits per heavy atom. The van der Waals surface area contributed by atoms with Gasteiger partial charge in [0.1, 0.15) is 5.82 Å². The lowest BCUT2D eigenvalue weighted by atomic mass is 10.1. The number of carbonyl (C=O) groups is 1. The molecule has 0 radical (unpaired) electrons. The second kappa shape index (κ2) is 8.27. The lowest BCUT2D eigenvalue weighted by molar-refractivity contribution is -0.130.